The molecule has 2 aromatic carbocycles. The van der Waals surface area contributed by atoms with E-state index < -0.39 is 16.0 Å². The highest BCUT2D eigenvalue weighted by atomic mass is 32.2. The molecule has 11 heteroatoms. The monoisotopic (exact) mass is 425 g/mol. The molecule has 0 saturated heterocycles. The predicted octanol–water partition coefficient (Wildman–Crippen LogP) is 2.30. The summed E-state index contributed by atoms with van der Waals surface area (Å²) in [6, 6.07) is 7.33. The lowest BCUT2D eigenvalue weighted by Gasteiger charge is -2.14. The second-order valence-electron chi connectivity index (χ2n) is 5.65. The summed E-state index contributed by atoms with van der Waals surface area (Å²) in [7, 11) is 1.27. The molecule has 8 nitrogen and oxygen atoms in total. The van der Waals surface area contributed by atoms with Crippen LogP contribution >= 0.6 is 9.24 Å². The van der Waals surface area contributed by atoms with Crippen LogP contribution in [0.1, 0.15) is 0 Å². The largest absolute Gasteiger partial charge is 0.493 e. The van der Waals surface area contributed by atoms with Crippen LogP contribution in [0.5, 0.6) is 23.0 Å². The second kappa shape index (κ2) is 7.75. The lowest BCUT2D eigenvalue weighted by molar-refractivity contribution is 0.355. The van der Waals surface area contributed by atoms with E-state index in [-0.39, 0.29) is 11.4 Å². The third kappa shape index (κ3) is 4.24. The number of hydrogen-bond acceptors (Lipinski definition) is 6. The topological polar surface area (TPSA) is 113 Å². The molecule has 148 valence electrons. The number of halogens is 1. The van der Waals surface area contributed by atoms with E-state index in [1.165, 1.54) is 20.3 Å². The Morgan fingerprint density at radius 2 is 1.75 bits per heavy atom. The maximum Gasteiger partial charge on any atom is 0.296 e. The number of nitrogens with one attached hydrogen (secondary N) is 1. The standard InChI is InChI=1S/C17H17FN3O5PS/c1-24-14-5-9-11(7-15(14)25-2)20-4-3-13(9)26-16-6-10(18)12(8-17(16)27)21-28(19,22)23/h3-8,21H,27H2,1-2H3,(H2,19,22,23). The average Bonchev–Trinajstić information content (AvgIpc) is 2.63. The molecule has 0 fully saturated rings. The lowest BCUT2D eigenvalue weighted by atomic mass is 10.2. The summed E-state index contributed by atoms with van der Waals surface area (Å²) >= 11 is 0. The highest BCUT2D eigenvalue weighted by Crippen LogP contribution is 2.37. The molecule has 1 aromatic heterocycles. The second-order valence-corrected chi connectivity index (χ2v) is 7.57. The number of nitrogens with two attached hydrogens (primary N) is 1. The summed E-state index contributed by atoms with van der Waals surface area (Å²) in [6.07, 6.45) is 1.54. The molecule has 0 amide bonds. The zero-order valence-corrected chi connectivity index (χ0v) is 16.9. The van der Waals surface area contributed by atoms with E-state index >= 15 is 0 Å². The van der Waals surface area contributed by atoms with Crippen molar-refractivity contribution >= 4 is 41.3 Å². The first kappa shape index (κ1) is 20.1. The number of fused-ring (bicyclic) bond motifs is 1. The normalized spacial score (nSPS) is 11.3. The van der Waals surface area contributed by atoms with Crippen LogP contribution in [0.4, 0.5) is 10.1 Å². The zero-order valence-electron chi connectivity index (χ0n) is 14.9. The van der Waals surface area contributed by atoms with Gasteiger partial charge in [-0.05, 0) is 18.2 Å². The van der Waals surface area contributed by atoms with Gasteiger partial charge in [0.1, 0.15) is 11.5 Å². The first-order valence-corrected chi connectivity index (χ1v) is 9.92. The van der Waals surface area contributed by atoms with Crippen LogP contribution in [-0.4, -0.2) is 27.6 Å². The molecule has 1 atom stereocenters. The van der Waals surface area contributed by atoms with Gasteiger partial charge >= 0.3 is 0 Å². The van der Waals surface area contributed by atoms with E-state index in [9.17, 15) is 12.8 Å². The summed E-state index contributed by atoms with van der Waals surface area (Å²) in [5.41, 5.74) is 0.305. The molecule has 1 unspecified atom stereocenters. The summed E-state index contributed by atoms with van der Waals surface area (Å²) in [6.45, 7) is 0. The molecule has 1 heterocycles. The molecule has 3 rings (SSSR count). The number of hydrogen-bond donors (Lipinski definition) is 2. The van der Waals surface area contributed by atoms with Gasteiger partial charge in [0.25, 0.3) is 10.2 Å². The number of benzene rings is 2. The minimum atomic E-state index is -4.11. The van der Waals surface area contributed by atoms with Gasteiger partial charge in [-0.15, -0.1) is 9.24 Å². The van der Waals surface area contributed by atoms with Crippen molar-refractivity contribution in [1.29, 1.82) is 0 Å². The van der Waals surface area contributed by atoms with Gasteiger partial charge in [-0.3, -0.25) is 9.71 Å². The van der Waals surface area contributed by atoms with Gasteiger partial charge in [0.2, 0.25) is 0 Å². The molecule has 0 bridgehead atoms. The number of nitrogens with zero attached hydrogens (tertiary/aromatic N) is 1. The number of ether oxygens (including phenoxy) is 3. The Morgan fingerprint density at radius 1 is 1.07 bits per heavy atom. The number of rotatable bonds is 6. The molecular formula is C17H17FN3O5PS. The van der Waals surface area contributed by atoms with Gasteiger partial charge in [-0.2, -0.15) is 8.42 Å². The fourth-order valence-electron chi connectivity index (χ4n) is 2.55. The fourth-order valence-corrected chi connectivity index (χ4v) is 3.32. The first-order chi connectivity index (χ1) is 13.2. The number of pyridine rings is 1. The van der Waals surface area contributed by atoms with Crippen LogP contribution in [0.2, 0.25) is 0 Å². The van der Waals surface area contributed by atoms with Crippen molar-refractivity contribution < 1.29 is 27.0 Å². The SMILES string of the molecule is COc1cc2nccc(Oc3cc(F)c(NS(N)(=O)=O)cc3P)c2cc1OC. The van der Waals surface area contributed by atoms with Gasteiger partial charge in [-0.25, -0.2) is 9.53 Å². The molecule has 0 aliphatic rings. The van der Waals surface area contributed by atoms with Crippen LogP contribution in [0.25, 0.3) is 10.9 Å². The average molecular weight is 425 g/mol. The summed E-state index contributed by atoms with van der Waals surface area (Å²) in [5, 5.41) is 5.93. The lowest BCUT2D eigenvalue weighted by Crippen LogP contribution is -2.23. The Kier molecular flexibility index (Phi) is 5.55. The van der Waals surface area contributed by atoms with E-state index in [0.717, 1.165) is 6.07 Å². The molecule has 0 radical (unpaired) electrons. The fraction of sp³-hybridized carbons (Fsp3) is 0.118. The highest BCUT2D eigenvalue weighted by molar-refractivity contribution is 7.90. The smallest absolute Gasteiger partial charge is 0.296 e. The number of anilines is 1. The van der Waals surface area contributed by atoms with E-state index in [1.807, 2.05) is 4.72 Å². The molecule has 28 heavy (non-hydrogen) atoms. The summed E-state index contributed by atoms with van der Waals surface area (Å²) in [5.74, 6) is 0.729. The van der Waals surface area contributed by atoms with Crippen LogP contribution in [0.3, 0.4) is 0 Å². The Morgan fingerprint density at radius 3 is 2.39 bits per heavy atom. The van der Waals surface area contributed by atoms with Gasteiger partial charge in [0.15, 0.2) is 17.3 Å². The highest BCUT2D eigenvalue weighted by Gasteiger charge is 2.15. The van der Waals surface area contributed by atoms with Crippen molar-refractivity contribution in [2.45, 2.75) is 0 Å². The van der Waals surface area contributed by atoms with Gasteiger partial charge < -0.3 is 14.2 Å². The van der Waals surface area contributed by atoms with Crippen LogP contribution in [-0.2, 0) is 10.2 Å². The van der Waals surface area contributed by atoms with Crippen LogP contribution in [0.15, 0.2) is 36.5 Å². The summed E-state index contributed by atoms with van der Waals surface area (Å²) < 4.78 is 54.9. The Bertz CT molecular complexity index is 1160. The minimum absolute atomic E-state index is 0.171. The van der Waals surface area contributed by atoms with E-state index in [2.05, 4.69) is 14.2 Å². The maximum atomic E-state index is 14.3. The van der Waals surface area contributed by atoms with Crippen LogP contribution in [0, 0.1) is 5.82 Å². The number of methoxy groups -OCH3 is 2. The quantitative estimate of drug-likeness (QED) is 0.586. The van der Waals surface area contributed by atoms with Gasteiger partial charge in [0, 0.05) is 29.0 Å². The third-order valence-electron chi connectivity index (χ3n) is 3.78. The predicted molar refractivity (Wildman–Crippen MR) is 107 cm³/mol. The minimum Gasteiger partial charge on any atom is -0.493 e. The molecule has 0 aliphatic heterocycles. The Labute approximate surface area is 163 Å². The van der Waals surface area contributed by atoms with Crippen molar-refractivity contribution in [3.8, 4) is 23.0 Å². The molecule has 3 N–H and O–H groups in total. The third-order valence-corrected chi connectivity index (χ3v) is 4.73. The molecule has 3 aromatic rings. The molecular weight excluding hydrogens is 408 g/mol. The van der Waals surface area contributed by atoms with Gasteiger partial charge in [-0.1, -0.05) is 0 Å². The zero-order chi connectivity index (χ0) is 20.5. The van der Waals surface area contributed by atoms with Crippen molar-refractivity contribution in [2.75, 3.05) is 18.9 Å². The molecule has 0 spiro atoms. The first-order valence-electron chi connectivity index (χ1n) is 7.80. The van der Waals surface area contributed by atoms with Crippen LogP contribution < -0.4 is 29.4 Å². The van der Waals surface area contributed by atoms with Gasteiger partial charge in [0.05, 0.1) is 25.4 Å². The summed E-state index contributed by atoms with van der Waals surface area (Å²) in [4.78, 5) is 4.28. The van der Waals surface area contributed by atoms with E-state index in [1.54, 1.807) is 24.4 Å². The Hall–Kier alpha value is -2.68. The molecule has 0 aliphatic carbocycles. The molecule has 0 saturated carbocycles. The van der Waals surface area contributed by atoms with Crippen molar-refractivity contribution in [3.05, 3.63) is 42.3 Å². The van der Waals surface area contributed by atoms with E-state index in [4.69, 9.17) is 19.3 Å². The Balaban J connectivity index is 2.04. The number of aromatic nitrogens is 1. The maximum absolute atomic E-state index is 14.3. The van der Waals surface area contributed by atoms with E-state index in [0.29, 0.717) is 33.5 Å². The van der Waals surface area contributed by atoms with Crippen molar-refractivity contribution in [1.82, 2.24) is 4.98 Å². The van der Waals surface area contributed by atoms with Crippen molar-refractivity contribution in [2.24, 2.45) is 5.14 Å². The van der Waals surface area contributed by atoms with Crippen molar-refractivity contribution in [3.63, 3.8) is 0 Å².